The summed E-state index contributed by atoms with van der Waals surface area (Å²) in [5.74, 6) is -0.202. The van der Waals surface area contributed by atoms with Crippen LogP contribution in [0.2, 0.25) is 10.0 Å². The number of nitrogens with one attached hydrogen (secondary N) is 2. The van der Waals surface area contributed by atoms with Crippen molar-refractivity contribution in [2.45, 2.75) is 19.5 Å². The van der Waals surface area contributed by atoms with Gasteiger partial charge in [0.05, 0.1) is 17.3 Å². The van der Waals surface area contributed by atoms with E-state index in [1.807, 2.05) is 41.2 Å². The van der Waals surface area contributed by atoms with Crippen molar-refractivity contribution >= 4 is 40.5 Å². The molecule has 134 valence electrons. The number of carbonyl (C=O) groups excluding carboxylic acids is 1. The van der Waals surface area contributed by atoms with Gasteiger partial charge in [-0.2, -0.15) is 5.10 Å². The second-order valence-corrected chi connectivity index (χ2v) is 6.73. The van der Waals surface area contributed by atoms with Crippen LogP contribution >= 0.6 is 23.2 Å². The van der Waals surface area contributed by atoms with Gasteiger partial charge in [-0.15, -0.1) is 0 Å². The van der Waals surface area contributed by atoms with Gasteiger partial charge in [0.2, 0.25) is 5.91 Å². The Labute approximate surface area is 161 Å². The van der Waals surface area contributed by atoms with Crippen LogP contribution in [0.25, 0.3) is 0 Å². The Kier molecular flexibility index (Phi) is 5.81. The predicted molar refractivity (Wildman–Crippen MR) is 106 cm³/mol. The molecule has 0 spiro atoms. The number of hydrogen-bond acceptors (Lipinski definition) is 3. The summed E-state index contributed by atoms with van der Waals surface area (Å²) in [7, 11) is 0. The van der Waals surface area contributed by atoms with E-state index in [-0.39, 0.29) is 5.91 Å². The Morgan fingerprint density at radius 3 is 2.81 bits per heavy atom. The SMILES string of the molecule is CC(Nc1cccc(Cn2cccn2)c1)C(=O)Nc1cc(Cl)ccc1Cl. The molecule has 0 aliphatic rings. The zero-order valence-electron chi connectivity index (χ0n) is 14.1. The third-order valence-corrected chi connectivity index (χ3v) is 4.36. The van der Waals surface area contributed by atoms with Crippen molar-refractivity contribution in [1.82, 2.24) is 9.78 Å². The minimum Gasteiger partial charge on any atom is -0.374 e. The van der Waals surface area contributed by atoms with Gasteiger partial charge in [-0.1, -0.05) is 35.3 Å². The summed E-state index contributed by atoms with van der Waals surface area (Å²) >= 11 is 12.0. The summed E-state index contributed by atoms with van der Waals surface area (Å²) in [4.78, 5) is 12.4. The van der Waals surface area contributed by atoms with Crippen LogP contribution in [0.1, 0.15) is 12.5 Å². The number of aromatic nitrogens is 2. The van der Waals surface area contributed by atoms with Crippen LogP contribution in [-0.4, -0.2) is 21.7 Å². The number of benzene rings is 2. The molecule has 0 fully saturated rings. The maximum atomic E-state index is 12.4. The lowest BCUT2D eigenvalue weighted by Gasteiger charge is -2.16. The fourth-order valence-electron chi connectivity index (χ4n) is 2.49. The van der Waals surface area contributed by atoms with Crippen LogP contribution < -0.4 is 10.6 Å². The molecule has 1 amide bonds. The van der Waals surface area contributed by atoms with E-state index in [1.54, 1.807) is 31.3 Å². The molecule has 1 heterocycles. The van der Waals surface area contributed by atoms with Gasteiger partial charge in [0.15, 0.2) is 0 Å². The normalized spacial score (nSPS) is 11.8. The first-order valence-electron chi connectivity index (χ1n) is 8.10. The second kappa shape index (κ2) is 8.25. The molecular weight excluding hydrogens is 371 g/mol. The smallest absolute Gasteiger partial charge is 0.246 e. The fourth-order valence-corrected chi connectivity index (χ4v) is 2.83. The van der Waals surface area contributed by atoms with Gasteiger partial charge < -0.3 is 10.6 Å². The molecule has 3 rings (SSSR count). The number of rotatable bonds is 6. The summed E-state index contributed by atoms with van der Waals surface area (Å²) in [5.41, 5.74) is 2.43. The van der Waals surface area contributed by atoms with Crippen LogP contribution in [0.4, 0.5) is 11.4 Å². The number of amides is 1. The number of nitrogens with zero attached hydrogens (tertiary/aromatic N) is 2. The number of hydrogen-bond donors (Lipinski definition) is 2. The molecule has 1 unspecified atom stereocenters. The van der Waals surface area contributed by atoms with Gasteiger partial charge in [0.25, 0.3) is 0 Å². The average Bonchev–Trinajstić information content (AvgIpc) is 3.11. The molecule has 7 heteroatoms. The lowest BCUT2D eigenvalue weighted by atomic mass is 10.2. The third-order valence-electron chi connectivity index (χ3n) is 3.79. The topological polar surface area (TPSA) is 59.0 Å². The number of carbonyl (C=O) groups is 1. The Balaban J connectivity index is 1.64. The zero-order valence-corrected chi connectivity index (χ0v) is 15.6. The number of halogens is 2. The van der Waals surface area contributed by atoms with Crippen LogP contribution in [0, 0.1) is 0 Å². The molecule has 2 N–H and O–H groups in total. The molecule has 1 atom stereocenters. The maximum absolute atomic E-state index is 12.4. The van der Waals surface area contributed by atoms with Gasteiger partial charge >= 0.3 is 0 Å². The van der Waals surface area contributed by atoms with Crippen molar-refractivity contribution in [2.24, 2.45) is 0 Å². The Morgan fingerprint density at radius 1 is 1.19 bits per heavy atom. The highest BCUT2D eigenvalue weighted by molar-refractivity contribution is 6.35. The molecule has 0 saturated heterocycles. The fraction of sp³-hybridized carbons (Fsp3) is 0.158. The molecule has 0 bridgehead atoms. The number of anilines is 2. The maximum Gasteiger partial charge on any atom is 0.246 e. The van der Waals surface area contributed by atoms with E-state index in [1.165, 1.54) is 0 Å². The van der Waals surface area contributed by atoms with Gasteiger partial charge in [-0.05, 0) is 48.9 Å². The molecule has 2 aromatic carbocycles. The summed E-state index contributed by atoms with van der Waals surface area (Å²) in [5, 5.41) is 11.1. The monoisotopic (exact) mass is 388 g/mol. The molecule has 0 saturated carbocycles. The molecule has 0 aliphatic carbocycles. The van der Waals surface area contributed by atoms with Crippen molar-refractivity contribution in [3.8, 4) is 0 Å². The Bertz CT molecular complexity index is 896. The molecule has 0 aliphatic heterocycles. The molecule has 0 radical (unpaired) electrons. The largest absolute Gasteiger partial charge is 0.374 e. The summed E-state index contributed by atoms with van der Waals surface area (Å²) in [6.07, 6.45) is 3.65. The lowest BCUT2D eigenvalue weighted by Crippen LogP contribution is -2.32. The van der Waals surface area contributed by atoms with E-state index in [2.05, 4.69) is 15.7 Å². The van der Waals surface area contributed by atoms with Crippen LogP contribution in [-0.2, 0) is 11.3 Å². The highest BCUT2D eigenvalue weighted by Crippen LogP contribution is 2.25. The van der Waals surface area contributed by atoms with E-state index in [0.717, 1.165) is 11.3 Å². The van der Waals surface area contributed by atoms with Crippen LogP contribution in [0.15, 0.2) is 60.9 Å². The van der Waals surface area contributed by atoms with Gasteiger partial charge in [-0.25, -0.2) is 0 Å². The first kappa shape index (κ1) is 18.3. The van der Waals surface area contributed by atoms with Gasteiger partial charge in [-0.3, -0.25) is 9.48 Å². The van der Waals surface area contributed by atoms with E-state index >= 15 is 0 Å². The van der Waals surface area contributed by atoms with E-state index in [4.69, 9.17) is 23.2 Å². The minimum atomic E-state index is -0.454. The van der Waals surface area contributed by atoms with Gasteiger partial charge in [0, 0.05) is 23.1 Å². The summed E-state index contributed by atoms with van der Waals surface area (Å²) in [6, 6.07) is 14.3. The van der Waals surface area contributed by atoms with Gasteiger partial charge in [0.1, 0.15) is 6.04 Å². The van der Waals surface area contributed by atoms with Crippen molar-refractivity contribution in [3.05, 3.63) is 76.5 Å². The van der Waals surface area contributed by atoms with E-state index in [0.29, 0.717) is 22.3 Å². The quantitative estimate of drug-likeness (QED) is 0.644. The Morgan fingerprint density at radius 2 is 2.04 bits per heavy atom. The first-order chi connectivity index (χ1) is 12.5. The highest BCUT2D eigenvalue weighted by Gasteiger charge is 2.14. The Hall–Kier alpha value is -2.50. The van der Waals surface area contributed by atoms with Crippen molar-refractivity contribution < 1.29 is 4.79 Å². The first-order valence-corrected chi connectivity index (χ1v) is 8.85. The van der Waals surface area contributed by atoms with E-state index < -0.39 is 6.04 Å². The van der Waals surface area contributed by atoms with Crippen LogP contribution in [0.5, 0.6) is 0 Å². The summed E-state index contributed by atoms with van der Waals surface area (Å²) < 4.78 is 1.84. The third kappa shape index (κ3) is 4.77. The highest BCUT2D eigenvalue weighted by atomic mass is 35.5. The molecule has 1 aromatic heterocycles. The molecular formula is C19H18Cl2N4O. The van der Waals surface area contributed by atoms with Crippen LogP contribution in [0.3, 0.4) is 0 Å². The molecule has 5 nitrogen and oxygen atoms in total. The predicted octanol–water partition coefficient (Wildman–Crippen LogP) is 4.68. The van der Waals surface area contributed by atoms with Crippen molar-refractivity contribution in [3.63, 3.8) is 0 Å². The standard InChI is InChI=1S/C19H18Cl2N4O/c1-13(19(26)24-18-11-15(20)6-7-17(18)21)23-16-5-2-4-14(10-16)12-25-9-3-8-22-25/h2-11,13,23H,12H2,1H3,(H,24,26). The van der Waals surface area contributed by atoms with Crippen molar-refractivity contribution in [1.29, 1.82) is 0 Å². The zero-order chi connectivity index (χ0) is 18.5. The minimum absolute atomic E-state index is 0.202. The summed E-state index contributed by atoms with van der Waals surface area (Å²) in [6.45, 7) is 2.45. The lowest BCUT2D eigenvalue weighted by molar-refractivity contribution is -0.116. The van der Waals surface area contributed by atoms with Crippen molar-refractivity contribution in [2.75, 3.05) is 10.6 Å². The second-order valence-electron chi connectivity index (χ2n) is 5.88. The molecule has 3 aromatic rings. The van der Waals surface area contributed by atoms with E-state index in [9.17, 15) is 4.79 Å². The average molecular weight is 389 g/mol. The molecule has 26 heavy (non-hydrogen) atoms.